The second-order valence-corrected chi connectivity index (χ2v) is 5.34. The van der Waals surface area contributed by atoms with E-state index in [4.69, 9.17) is 5.73 Å². The number of carbonyl (C=O) groups excluding carboxylic acids is 1. The number of nitrogen functional groups attached to an aromatic ring is 1. The molecule has 3 N–H and O–H groups in total. The predicted molar refractivity (Wildman–Crippen MR) is 73.6 cm³/mol. The van der Waals surface area contributed by atoms with Crippen LogP contribution < -0.4 is 11.1 Å². The Hall–Kier alpha value is -1.88. The van der Waals surface area contributed by atoms with E-state index in [1.807, 2.05) is 13.8 Å². The summed E-state index contributed by atoms with van der Waals surface area (Å²) >= 11 is 1.61. The summed E-state index contributed by atoms with van der Waals surface area (Å²) in [6.45, 7) is 4.46. The van der Waals surface area contributed by atoms with Gasteiger partial charge >= 0.3 is 0 Å². The van der Waals surface area contributed by atoms with Crippen LogP contribution in [0.3, 0.4) is 0 Å². The molecule has 1 aromatic heterocycles. The SMILES string of the molecule is Cc1nc(CNC(=O)c2ccc(N)cc2)sc1C. The Labute approximate surface area is 110 Å². The summed E-state index contributed by atoms with van der Waals surface area (Å²) < 4.78 is 0. The number of anilines is 1. The molecule has 18 heavy (non-hydrogen) atoms. The summed E-state index contributed by atoms with van der Waals surface area (Å²) in [6, 6.07) is 6.85. The van der Waals surface area contributed by atoms with Gasteiger partial charge in [0.25, 0.3) is 5.91 Å². The van der Waals surface area contributed by atoms with Crippen LogP contribution in [0.2, 0.25) is 0 Å². The number of amides is 1. The van der Waals surface area contributed by atoms with Gasteiger partial charge in [-0.2, -0.15) is 0 Å². The van der Waals surface area contributed by atoms with Crippen molar-refractivity contribution in [3.8, 4) is 0 Å². The molecule has 1 aromatic carbocycles. The zero-order valence-electron chi connectivity index (χ0n) is 10.4. The number of nitrogens with zero attached hydrogens (tertiary/aromatic N) is 1. The predicted octanol–water partition coefficient (Wildman–Crippen LogP) is 2.27. The van der Waals surface area contributed by atoms with Gasteiger partial charge in [0.1, 0.15) is 5.01 Å². The third-order valence-corrected chi connectivity index (χ3v) is 3.72. The summed E-state index contributed by atoms with van der Waals surface area (Å²) in [5, 5.41) is 3.77. The minimum Gasteiger partial charge on any atom is -0.399 e. The van der Waals surface area contributed by atoms with Gasteiger partial charge < -0.3 is 11.1 Å². The molecule has 0 aliphatic rings. The quantitative estimate of drug-likeness (QED) is 0.833. The van der Waals surface area contributed by atoms with E-state index < -0.39 is 0 Å². The fourth-order valence-electron chi connectivity index (χ4n) is 1.51. The number of nitrogens with two attached hydrogens (primary N) is 1. The number of nitrogens with one attached hydrogen (secondary N) is 1. The fourth-order valence-corrected chi connectivity index (χ4v) is 2.38. The van der Waals surface area contributed by atoms with Crippen molar-refractivity contribution in [3.63, 3.8) is 0 Å². The molecule has 0 spiro atoms. The van der Waals surface area contributed by atoms with Crippen LogP contribution in [0.4, 0.5) is 5.69 Å². The van der Waals surface area contributed by atoms with Crippen LogP contribution in [-0.4, -0.2) is 10.9 Å². The molecule has 2 aromatic rings. The largest absolute Gasteiger partial charge is 0.399 e. The highest BCUT2D eigenvalue weighted by Gasteiger charge is 2.07. The van der Waals surface area contributed by atoms with Crippen molar-refractivity contribution in [2.75, 3.05) is 5.73 Å². The zero-order valence-corrected chi connectivity index (χ0v) is 11.2. The van der Waals surface area contributed by atoms with Crippen molar-refractivity contribution in [1.29, 1.82) is 0 Å². The number of rotatable bonds is 3. The maximum absolute atomic E-state index is 11.8. The average molecular weight is 261 g/mol. The van der Waals surface area contributed by atoms with E-state index in [0.717, 1.165) is 10.7 Å². The van der Waals surface area contributed by atoms with Gasteiger partial charge in [-0.05, 0) is 38.1 Å². The lowest BCUT2D eigenvalue weighted by atomic mass is 10.2. The fraction of sp³-hybridized carbons (Fsp3) is 0.231. The maximum Gasteiger partial charge on any atom is 0.251 e. The summed E-state index contributed by atoms with van der Waals surface area (Å²) in [5.41, 5.74) is 7.85. The molecule has 0 aliphatic carbocycles. The summed E-state index contributed by atoms with van der Waals surface area (Å²) in [4.78, 5) is 17.4. The highest BCUT2D eigenvalue weighted by Crippen LogP contribution is 2.16. The van der Waals surface area contributed by atoms with Gasteiger partial charge in [0, 0.05) is 16.1 Å². The van der Waals surface area contributed by atoms with Gasteiger partial charge in [0.05, 0.1) is 12.2 Å². The Kier molecular flexibility index (Phi) is 3.62. The van der Waals surface area contributed by atoms with Crippen LogP contribution in [0.1, 0.15) is 25.9 Å². The molecule has 0 atom stereocenters. The van der Waals surface area contributed by atoms with Gasteiger partial charge in [-0.1, -0.05) is 0 Å². The molecule has 0 unspecified atom stereocenters. The van der Waals surface area contributed by atoms with E-state index in [1.54, 1.807) is 35.6 Å². The molecule has 4 nitrogen and oxygen atoms in total. The number of aryl methyl sites for hydroxylation is 2. The van der Waals surface area contributed by atoms with E-state index in [0.29, 0.717) is 17.8 Å². The minimum absolute atomic E-state index is 0.111. The number of hydrogen-bond acceptors (Lipinski definition) is 4. The van der Waals surface area contributed by atoms with E-state index >= 15 is 0 Å². The number of carbonyl (C=O) groups is 1. The second-order valence-electron chi connectivity index (χ2n) is 4.05. The zero-order chi connectivity index (χ0) is 13.1. The van der Waals surface area contributed by atoms with Crippen molar-refractivity contribution in [2.24, 2.45) is 0 Å². The molecule has 0 saturated carbocycles. The van der Waals surface area contributed by atoms with Crippen LogP contribution in [-0.2, 0) is 6.54 Å². The lowest BCUT2D eigenvalue weighted by Gasteiger charge is -2.03. The summed E-state index contributed by atoms with van der Waals surface area (Å²) in [6.07, 6.45) is 0. The summed E-state index contributed by atoms with van der Waals surface area (Å²) in [5.74, 6) is -0.111. The Bertz CT molecular complexity index is 541. The highest BCUT2D eigenvalue weighted by atomic mass is 32.1. The third-order valence-electron chi connectivity index (χ3n) is 2.65. The van der Waals surface area contributed by atoms with Crippen LogP contribution in [0.25, 0.3) is 0 Å². The van der Waals surface area contributed by atoms with Crippen molar-refractivity contribution >= 4 is 22.9 Å². The molecule has 1 amide bonds. The molecule has 0 fully saturated rings. The molecule has 5 heteroatoms. The first-order valence-electron chi connectivity index (χ1n) is 5.63. The van der Waals surface area contributed by atoms with Crippen molar-refractivity contribution in [3.05, 3.63) is 45.4 Å². The Morgan fingerprint density at radius 3 is 2.56 bits per heavy atom. The molecule has 0 aliphatic heterocycles. The normalized spacial score (nSPS) is 10.3. The highest BCUT2D eigenvalue weighted by molar-refractivity contribution is 7.11. The van der Waals surface area contributed by atoms with Gasteiger partial charge in [0.2, 0.25) is 0 Å². The Balaban J connectivity index is 1.98. The Morgan fingerprint density at radius 1 is 1.33 bits per heavy atom. The average Bonchev–Trinajstić information content (AvgIpc) is 2.67. The van der Waals surface area contributed by atoms with Crippen LogP contribution in [0.5, 0.6) is 0 Å². The van der Waals surface area contributed by atoms with Crippen molar-refractivity contribution < 1.29 is 4.79 Å². The maximum atomic E-state index is 11.8. The van der Waals surface area contributed by atoms with Gasteiger partial charge in [-0.25, -0.2) is 4.98 Å². The smallest absolute Gasteiger partial charge is 0.251 e. The molecule has 0 bridgehead atoms. The lowest BCUT2D eigenvalue weighted by Crippen LogP contribution is -2.22. The standard InChI is InChI=1S/C13H15N3OS/c1-8-9(2)18-12(16-8)7-15-13(17)10-3-5-11(14)6-4-10/h3-6H,7,14H2,1-2H3,(H,15,17). The van der Waals surface area contributed by atoms with E-state index in [1.165, 1.54) is 4.88 Å². The van der Waals surface area contributed by atoms with Gasteiger partial charge in [-0.3, -0.25) is 4.79 Å². The van der Waals surface area contributed by atoms with E-state index in [2.05, 4.69) is 10.3 Å². The number of aromatic nitrogens is 1. The molecular formula is C13H15N3OS. The van der Waals surface area contributed by atoms with E-state index in [-0.39, 0.29) is 5.91 Å². The number of benzene rings is 1. The minimum atomic E-state index is -0.111. The Morgan fingerprint density at radius 2 is 2.00 bits per heavy atom. The first-order valence-corrected chi connectivity index (χ1v) is 6.44. The van der Waals surface area contributed by atoms with Crippen LogP contribution >= 0.6 is 11.3 Å². The first-order chi connectivity index (χ1) is 8.56. The van der Waals surface area contributed by atoms with Crippen LogP contribution in [0.15, 0.2) is 24.3 Å². The third kappa shape index (κ3) is 2.87. The molecule has 94 valence electrons. The summed E-state index contributed by atoms with van der Waals surface area (Å²) in [7, 11) is 0. The second kappa shape index (κ2) is 5.18. The van der Waals surface area contributed by atoms with Crippen LogP contribution in [0, 0.1) is 13.8 Å². The van der Waals surface area contributed by atoms with Gasteiger partial charge in [-0.15, -0.1) is 11.3 Å². The first kappa shape index (κ1) is 12.6. The van der Waals surface area contributed by atoms with Crippen molar-refractivity contribution in [2.45, 2.75) is 20.4 Å². The molecule has 1 heterocycles. The topological polar surface area (TPSA) is 68.0 Å². The number of hydrogen-bond donors (Lipinski definition) is 2. The molecule has 0 saturated heterocycles. The van der Waals surface area contributed by atoms with Crippen molar-refractivity contribution in [1.82, 2.24) is 10.3 Å². The van der Waals surface area contributed by atoms with E-state index in [9.17, 15) is 4.79 Å². The number of thiazole rings is 1. The lowest BCUT2D eigenvalue weighted by molar-refractivity contribution is 0.0951. The monoisotopic (exact) mass is 261 g/mol. The molecular weight excluding hydrogens is 246 g/mol. The van der Waals surface area contributed by atoms with Gasteiger partial charge in [0.15, 0.2) is 0 Å². The molecule has 2 rings (SSSR count). The molecule has 0 radical (unpaired) electrons.